The number of hydrogen-bond donors (Lipinski definition) is 0. The zero-order valence-corrected chi connectivity index (χ0v) is 15.0. The standard InChI is InChI=1S/C17H22O4S2/c1-3-14-15(19-8-12-4-6-22-10-12)16(17(18-2)21-14)20-9-13-5-7-23-11-13/h4-7,10-11,14-17H,3,8-9H2,1-2H3/t14-,15+,16-,17+/m1/s1. The van der Waals surface area contributed by atoms with E-state index < -0.39 is 0 Å². The number of rotatable bonds is 8. The minimum absolute atomic E-state index is 0.00828. The minimum Gasteiger partial charge on any atom is -0.368 e. The van der Waals surface area contributed by atoms with E-state index in [9.17, 15) is 0 Å². The van der Waals surface area contributed by atoms with Crippen LogP contribution in [0.2, 0.25) is 0 Å². The Labute approximate surface area is 145 Å². The molecule has 0 N–H and O–H groups in total. The average molecular weight is 354 g/mol. The Hall–Kier alpha value is -0.760. The van der Waals surface area contributed by atoms with Crippen molar-refractivity contribution < 1.29 is 18.9 Å². The van der Waals surface area contributed by atoms with E-state index in [1.807, 2.05) is 0 Å². The van der Waals surface area contributed by atoms with Crippen LogP contribution in [0.15, 0.2) is 33.7 Å². The molecule has 4 atom stereocenters. The fourth-order valence-electron chi connectivity index (χ4n) is 2.72. The molecule has 2 aromatic rings. The van der Waals surface area contributed by atoms with Gasteiger partial charge in [-0.2, -0.15) is 22.7 Å². The summed E-state index contributed by atoms with van der Waals surface area (Å²) >= 11 is 3.35. The van der Waals surface area contributed by atoms with Crippen molar-refractivity contribution in [2.24, 2.45) is 0 Å². The van der Waals surface area contributed by atoms with Crippen molar-refractivity contribution in [1.29, 1.82) is 0 Å². The molecule has 23 heavy (non-hydrogen) atoms. The van der Waals surface area contributed by atoms with Crippen LogP contribution in [0, 0.1) is 0 Å². The molecule has 3 rings (SSSR count). The van der Waals surface area contributed by atoms with Crippen LogP contribution in [-0.4, -0.2) is 31.7 Å². The molecule has 0 aliphatic carbocycles. The lowest BCUT2D eigenvalue weighted by molar-refractivity contribution is -0.166. The molecule has 1 aliphatic heterocycles. The molecule has 0 radical (unpaired) electrons. The van der Waals surface area contributed by atoms with Gasteiger partial charge in [0.2, 0.25) is 0 Å². The number of methoxy groups -OCH3 is 1. The summed E-state index contributed by atoms with van der Waals surface area (Å²) in [5, 5.41) is 8.31. The topological polar surface area (TPSA) is 36.9 Å². The molecule has 0 bridgehead atoms. The monoisotopic (exact) mass is 354 g/mol. The first-order valence-electron chi connectivity index (χ1n) is 7.75. The molecule has 0 amide bonds. The molecule has 126 valence electrons. The summed E-state index contributed by atoms with van der Waals surface area (Å²) in [6, 6.07) is 4.15. The van der Waals surface area contributed by atoms with Crippen molar-refractivity contribution >= 4 is 22.7 Å². The summed E-state index contributed by atoms with van der Waals surface area (Å²) in [6.45, 7) is 3.22. The van der Waals surface area contributed by atoms with Gasteiger partial charge in [-0.25, -0.2) is 0 Å². The normalized spacial score (nSPS) is 27.6. The Morgan fingerprint density at radius 3 is 2.09 bits per heavy atom. The summed E-state index contributed by atoms with van der Waals surface area (Å²) in [4.78, 5) is 0. The Balaban J connectivity index is 1.65. The Morgan fingerprint density at radius 1 is 1.00 bits per heavy atom. The molecular formula is C17H22O4S2. The molecule has 1 aliphatic rings. The highest BCUT2D eigenvalue weighted by atomic mass is 32.1. The molecule has 3 heterocycles. The van der Waals surface area contributed by atoms with Crippen LogP contribution < -0.4 is 0 Å². The van der Waals surface area contributed by atoms with Gasteiger partial charge in [0.05, 0.1) is 19.3 Å². The van der Waals surface area contributed by atoms with Gasteiger partial charge >= 0.3 is 0 Å². The summed E-state index contributed by atoms with van der Waals surface area (Å²) in [7, 11) is 1.65. The lowest BCUT2D eigenvalue weighted by Gasteiger charge is -2.23. The van der Waals surface area contributed by atoms with E-state index in [2.05, 4.69) is 40.6 Å². The zero-order valence-electron chi connectivity index (χ0n) is 13.3. The number of thiophene rings is 2. The summed E-state index contributed by atoms with van der Waals surface area (Å²) in [5.41, 5.74) is 2.35. The van der Waals surface area contributed by atoms with Crippen molar-refractivity contribution in [2.75, 3.05) is 7.11 Å². The van der Waals surface area contributed by atoms with Crippen LogP contribution in [0.25, 0.3) is 0 Å². The van der Waals surface area contributed by atoms with E-state index >= 15 is 0 Å². The molecule has 0 saturated carbocycles. The molecule has 4 nitrogen and oxygen atoms in total. The molecule has 0 unspecified atom stereocenters. The first-order valence-corrected chi connectivity index (χ1v) is 9.64. The molecule has 2 aromatic heterocycles. The van der Waals surface area contributed by atoms with Crippen molar-refractivity contribution in [3.05, 3.63) is 44.8 Å². The maximum Gasteiger partial charge on any atom is 0.186 e. The lowest BCUT2D eigenvalue weighted by Crippen LogP contribution is -2.38. The second-order valence-electron chi connectivity index (χ2n) is 5.50. The summed E-state index contributed by atoms with van der Waals surface area (Å²) < 4.78 is 23.7. The van der Waals surface area contributed by atoms with E-state index in [-0.39, 0.29) is 24.6 Å². The fraction of sp³-hybridized carbons (Fsp3) is 0.529. The Morgan fingerprint density at radius 2 is 1.61 bits per heavy atom. The molecule has 1 saturated heterocycles. The highest BCUT2D eigenvalue weighted by Gasteiger charge is 2.45. The third-order valence-electron chi connectivity index (χ3n) is 3.95. The van der Waals surface area contributed by atoms with E-state index in [0.29, 0.717) is 13.2 Å². The summed E-state index contributed by atoms with van der Waals surface area (Å²) in [6.07, 6.45) is 0.135. The predicted octanol–water partition coefficient (Wildman–Crippen LogP) is 4.06. The lowest BCUT2D eigenvalue weighted by atomic mass is 10.1. The van der Waals surface area contributed by atoms with E-state index in [0.717, 1.165) is 6.42 Å². The van der Waals surface area contributed by atoms with Gasteiger partial charge in [0.15, 0.2) is 6.29 Å². The average Bonchev–Trinajstić information content (AvgIpc) is 3.30. The van der Waals surface area contributed by atoms with Crippen molar-refractivity contribution in [3.8, 4) is 0 Å². The zero-order chi connectivity index (χ0) is 16.1. The van der Waals surface area contributed by atoms with E-state index in [1.165, 1.54) is 11.1 Å². The first kappa shape index (κ1) is 17.1. The van der Waals surface area contributed by atoms with Crippen LogP contribution in [-0.2, 0) is 32.2 Å². The quantitative estimate of drug-likeness (QED) is 0.716. The molecular weight excluding hydrogens is 332 g/mol. The SMILES string of the molecule is CC[C@H]1O[C@H](OC)[C@H](OCc2ccsc2)[C@H]1OCc1ccsc1. The van der Waals surface area contributed by atoms with Gasteiger partial charge in [-0.05, 0) is 51.2 Å². The second kappa shape index (κ2) is 8.37. The third kappa shape index (κ3) is 4.21. The van der Waals surface area contributed by atoms with Gasteiger partial charge in [-0.3, -0.25) is 0 Å². The first-order chi connectivity index (χ1) is 11.3. The maximum absolute atomic E-state index is 6.14. The highest BCUT2D eigenvalue weighted by molar-refractivity contribution is 7.08. The van der Waals surface area contributed by atoms with Gasteiger partial charge in [0.25, 0.3) is 0 Å². The predicted molar refractivity (Wildman–Crippen MR) is 91.8 cm³/mol. The molecule has 0 spiro atoms. The van der Waals surface area contributed by atoms with Crippen molar-refractivity contribution in [3.63, 3.8) is 0 Å². The maximum atomic E-state index is 6.14. The van der Waals surface area contributed by atoms with Crippen LogP contribution in [0.1, 0.15) is 24.5 Å². The van der Waals surface area contributed by atoms with Gasteiger partial charge < -0.3 is 18.9 Å². The highest BCUT2D eigenvalue weighted by Crippen LogP contribution is 2.30. The van der Waals surface area contributed by atoms with Crippen molar-refractivity contribution in [2.45, 2.75) is 51.2 Å². The van der Waals surface area contributed by atoms with Crippen LogP contribution in [0.5, 0.6) is 0 Å². The van der Waals surface area contributed by atoms with E-state index in [1.54, 1.807) is 29.8 Å². The van der Waals surface area contributed by atoms with Gasteiger partial charge in [0.1, 0.15) is 12.2 Å². The van der Waals surface area contributed by atoms with Gasteiger partial charge in [-0.1, -0.05) is 6.92 Å². The third-order valence-corrected chi connectivity index (χ3v) is 5.41. The second-order valence-corrected chi connectivity index (χ2v) is 7.06. The van der Waals surface area contributed by atoms with Crippen LogP contribution in [0.4, 0.5) is 0 Å². The Kier molecular flexibility index (Phi) is 6.21. The van der Waals surface area contributed by atoms with E-state index in [4.69, 9.17) is 18.9 Å². The molecule has 0 aromatic carbocycles. The molecule has 1 fully saturated rings. The fourth-order valence-corrected chi connectivity index (χ4v) is 4.03. The summed E-state index contributed by atoms with van der Waals surface area (Å²) in [5.74, 6) is 0. The number of ether oxygens (including phenoxy) is 4. The number of hydrogen-bond acceptors (Lipinski definition) is 6. The van der Waals surface area contributed by atoms with Crippen LogP contribution >= 0.6 is 22.7 Å². The largest absolute Gasteiger partial charge is 0.368 e. The van der Waals surface area contributed by atoms with Crippen LogP contribution in [0.3, 0.4) is 0 Å². The van der Waals surface area contributed by atoms with Crippen molar-refractivity contribution in [1.82, 2.24) is 0 Å². The van der Waals surface area contributed by atoms with Gasteiger partial charge in [0, 0.05) is 7.11 Å². The minimum atomic E-state index is -0.383. The van der Waals surface area contributed by atoms with Gasteiger partial charge in [-0.15, -0.1) is 0 Å². The molecule has 6 heteroatoms. The Bertz CT molecular complexity index is 505. The smallest absolute Gasteiger partial charge is 0.186 e.